The largest absolute Gasteiger partial charge is 0.494 e. The number of allylic oxidation sites excluding steroid dienone is 1. The Morgan fingerprint density at radius 3 is 1.53 bits per heavy atom. The van der Waals surface area contributed by atoms with Crippen LogP contribution in [0.15, 0.2) is 54.6 Å². The average Bonchev–Trinajstić information content (AvgIpc) is 2.94. The van der Waals surface area contributed by atoms with Gasteiger partial charge in [-0.1, -0.05) is 121 Å². The highest BCUT2D eigenvalue weighted by Crippen LogP contribution is 2.17. The summed E-state index contributed by atoms with van der Waals surface area (Å²) in [5, 5.41) is 0. The van der Waals surface area contributed by atoms with Gasteiger partial charge in [0.1, 0.15) is 11.5 Å². The molecule has 2 aromatic rings. The van der Waals surface area contributed by atoms with Gasteiger partial charge < -0.3 is 9.47 Å². The summed E-state index contributed by atoms with van der Waals surface area (Å²) in [6, 6.07) is 15.2. The molecular formula is C35H52O3. The molecule has 0 aromatic heterocycles. The van der Waals surface area contributed by atoms with Crippen LogP contribution in [0.3, 0.4) is 0 Å². The summed E-state index contributed by atoms with van der Waals surface area (Å²) in [5.41, 5.74) is 1.64. The van der Waals surface area contributed by atoms with E-state index in [4.69, 9.17) is 9.47 Å². The first-order chi connectivity index (χ1) is 18.7. The van der Waals surface area contributed by atoms with Crippen molar-refractivity contribution in [3.63, 3.8) is 0 Å². The second-order valence-electron chi connectivity index (χ2n) is 10.4. The van der Waals surface area contributed by atoms with Gasteiger partial charge >= 0.3 is 0 Å². The summed E-state index contributed by atoms with van der Waals surface area (Å²) < 4.78 is 11.3. The van der Waals surface area contributed by atoms with E-state index in [9.17, 15) is 4.79 Å². The maximum absolute atomic E-state index is 12.5. The molecule has 0 bridgehead atoms. The Labute approximate surface area is 233 Å². The first kappa shape index (κ1) is 31.7. The maximum atomic E-state index is 12.5. The quantitative estimate of drug-likeness (QED) is 0.0830. The minimum absolute atomic E-state index is 0.0109. The van der Waals surface area contributed by atoms with Crippen molar-refractivity contribution in [2.45, 2.75) is 117 Å². The van der Waals surface area contributed by atoms with Crippen LogP contribution in [-0.4, -0.2) is 19.0 Å². The molecule has 0 saturated carbocycles. The van der Waals surface area contributed by atoms with Crippen LogP contribution in [0.2, 0.25) is 0 Å². The Balaban J connectivity index is 1.45. The molecule has 0 aliphatic carbocycles. The lowest BCUT2D eigenvalue weighted by atomic mass is 10.0. The predicted octanol–water partition coefficient (Wildman–Crippen LogP) is 10.6. The van der Waals surface area contributed by atoms with Crippen LogP contribution in [0.25, 0.3) is 6.08 Å². The van der Waals surface area contributed by atoms with E-state index in [1.165, 1.54) is 96.3 Å². The highest BCUT2D eigenvalue weighted by Gasteiger charge is 2.03. The van der Waals surface area contributed by atoms with Crippen LogP contribution in [0.4, 0.5) is 0 Å². The lowest BCUT2D eigenvalue weighted by molar-refractivity contribution is 0.104. The Hall–Kier alpha value is -2.55. The summed E-state index contributed by atoms with van der Waals surface area (Å²) in [6.45, 7) is 5.63. The molecule has 0 aliphatic rings. The fraction of sp³-hybridized carbons (Fsp3) is 0.571. The van der Waals surface area contributed by atoms with E-state index in [2.05, 4.69) is 6.92 Å². The van der Waals surface area contributed by atoms with Gasteiger partial charge in [0, 0.05) is 5.56 Å². The van der Waals surface area contributed by atoms with E-state index >= 15 is 0 Å². The number of benzene rings is 2. The summed E-state index contributed by atoms with van der Waals surface area (Å²) in [7, 11) is 0. The normalized spacial score (nSPS) is 11.2. The van der Waals surface area contributed by atoms with Gasteiger partial charge in [0.05, 0.1) is 13.2 Å². The van der Waals surface area contributed by atoms with Gasteiger partial charge in [-0.2, -0.15) is 0 Å². The Kier molecular flexibility index (Phi) is 17.8. The molecule has 2 aromatic carbocycles. The second-order valence-corrected chi connectivity index (χ2v) is 10.4. The number of ether oxygens (including phenoxy) is 2. The van der Waals surface area contributed by atoms with Crippen molar-refractivity contribution in [2.24, 2.45) is 0 Å². The fourth-order valence-electron chi connectivity index (χ4n) is 4.67. The minimum Gasteiger partial charge on any atom is -0.494 e. The zero-order chi connectivity index (χ0) is 27.1. The first-order valence-corrected chi connectivity index (χ1v) is 15.4. The van der Waals surface area contributed by atoms with Crippen molar-refractivity contribution >= 4 is 11.9 Å². The molecule has 3 nitrogen and oxygen atoms in total. The van der Waals surface area contributed by atoms with E-state index in [0.717, 1.165) is 30.1 Å². The monoisotopic (exact) mass is 520 g/mol. The fourth-order valence-corrected chi connectivity index (χ4v) is 4.67. The van der Waals surface area contributed by atoms with Gasteiger partial charge in [-0.25, -0.2) is 0 Å². The van der Waals surface area contributed by atoms with Gasteiger partial charge in [0.15, 0.2) is 5.78 Å². The molecule has 0 atom stereocenters. The summed E-state index contributed by atoms with van der Waals surface area (Å²) in [5.74, 6) is 1.66. The van der Waals surface area contributed by atoms with E-state index in [-0.39, 0.29) is 5.78 Å². The van der Waals surface area contributed by atoms with Crippen molar-refractivity contribution in [3.8, 4) is 11.5 Å². The molecule has 3 heteroatoms. The van der Waals surface area contributed by atoms with Crippen molar-refractivity contribution < 1.29 is 14.3 Å². The minimum atomic E-state index is -0.0109. The van der Waals surface area contributed by atoms with Crippen LogP contribution < -0.4 is 9.47 Å². The van der Waals surface area contributed by atoms with E-state index in [0.29, 0.717) is 12.2 Å². The lowest BCUT2D eigenvalue weighted by Gasteiger charge is -2.07. The zero-order valence-corrected chi connectivity index (χ0v) is 24.2. The highest BCUT2D eigenvalue weighted by atomic mass is 16.5. The molecule has 0 saturated heterocycles. The Bertz CT molecular complexity index is 867. The highest BCUT2D eigenvalue weighted by molar-refractivity contribution is 6.06. The third kappa shape index (κ3) is 15.0. The van der Waals surface area contributed by atoms with Crippen LogP contribution in [0.1, 0.15) is 133 Å². The first-order valence-electron chi connectivity index (χ1n) is 15.4. The predicted molar refractivity (Wildman–Crippen MR) is 162 cm³/mol. The molecule has 0 aliphatic heterocycles. The van der Waals surface area contributed by atoms with Crippen LogP contribution in [-0.2, 0) is 0 Å². The van der Waals surface area contributed by atoms with Crippen LogP contribution in [0.5, 0.6) is 11.5 Å². The molecule has 0 amide bonds. The van der Waals surface area contributed by atoms with Gasteiger partial charge in [0.25, 0.3) is 0 Å². The van der Waals surface area contributed by atoms with Gasteiger partial charge in [0.2, 0.25) is 0 Å². The average molecular weight is 521 g/mol. The molecule has 0 N–H and O–H groups in total. The lowest BCUT2D eigenvalue weighted by Crippen LogP contribution is -1.99. The SMILES string of the molecule is CCCCCCCCCCCCCCCCCCOc1ccc(C(=O)/C=C/c2ccc(OCC)cc2)cc1. The maximum Gasteiger partial charge on any atom is 0.185 e. The van der Waals surface area contributed by atoms with E-state index in [1.807, 2.05) is 61.5 Å². The molecule has 210 valence electrons. The smallest absolute Gasteiger partial charge is 0.185 e. The topological polar surface area (TPSA) is 35.5 Å². The van der Waals surface area contributed by atoms with Crippen molar-refractivity contribution in [1.29, 1.82) is 0 Å². The Morgan fingerprint density at radius 2 is 1.03 bits per heavy atom. The third-order valence-corrected chi connectivity index (χ3v) is 7.02. The van der Waals surface area contributed by atoms with Gasteiger partial charge in [-0.05, 0) is 61.4 Å². The molecule has 38 heavy (non-hydrogen) atoms. The molecular weight excluding hydrogens is 468 g/mol. The van der Waals surface area contributed by atoms with Crippen molar-refractivity contribution in [1.82, 2.24) is 0 Å². The second kappa shape index (κ2) is 21.4. The molecule has 0 fully saturated rings. The molecule has 0 spiro atoms. The number of unbranched alkanes of at least 4 members (excludes halogenated alkanes) is 15. The number of hydrogen-bond donors (Lipinski definition) is 0. The van der Waals surface area contributed by atoms with E-state index in [1.54, 1.807) is 6.08 Å². The molecule has 0 heterocycles. The zero-order valence-electron chi connectivity index (χ0n) is 24.2. The van der Waals surface area contributed by atoms with Gasteiger partial charge in [-0.3, -0.25) is 4.79 Å². The van der Waals surface area contributed by atoms with Crippen LogP contribution in [0, 0.1) is 0 Å². The van der Waals surface area contributed by atoms with Crippen LogP contribution >= 0.6 is 0 Å². The van der Waals surface area contributed by atoms with E-state index < -0.39 is 0 Å². The number of rotatable bonds is 23. The summed E-state index contributed by atoms with van der Waals surface area (Å²) >= 11 is 0. The number of ketones is 1. The number of carbonyl (C=O) groups is 1. The Morgan fingerprint density at radius 1 is 0.579 bits per heavy atom. The molecule has 0 unspecified atom stereocenters. The third-order valence-electron chi connectivity index (χ3n) is 7.02. The number of carbonyl (C=O) groups excluding carboxylic acids is 1. The number of hydrogen-bond acceptors (Lipinski definition) is 3. The molecule has 0 radical (unpaired) electrons. The molecule has 2 rings (SSSR count). The summed E-state index contributed by atoms with van der Waals surface area (Å²) in [4.78, 5) is 12.5. The van der Waals surface area contributed by atoms with Crippen molar-refractivity contribution in [3.05, 3.63) is 65.7 Å². The van der Waals surface area contributed by atoms with Gasteiger partial charge in [-0.15, -0.1) is 0 Å². The van der Waals surface area contributed by atoms with Crippen molar-refractivity contribution in [2.75, 3.05) is 13.2 Å². The standard InChI is InChI=1S/C35H52O3/c1-3-5-6-7-8-9-10-11-12-13-14-15-16-17-18-19-30-38-34-27-23-32(24-28-34)35(36)29-22-31-20-25-33(26-21-31)37-4-2/h20-29H,3-19,30H2,1-2H3/b29-22+. The summed E-state index contributed by atoms with van der Waals surface area (Å²) in [6.07, 6.45) is 25.4.